The van der Waals surface area contributed by atoms with Gasteiger partial charge < -0.3 is 9.47 Å². The molecule has 5 fully saturated rings. The van der Waals surface area contributed by atoms with Crippen LogP contribution in [0, 0.1) is 23.7 Å². The predicted molar refractivity (Wildman–Crippen MR) is 121 cm³/mol. The molecule has 0 amide bonds. The van der Waals surface area contributed by atoms with Crippen LogP contribution >= 0.6 is 0 Å². The summed E-state index contributed by atoms with van der Waals surface area (Å²) in [5.41, 5.74) is 0. The summed E-state index contributed by atoms with van der Waals surface area (Å²) in [6, 6.07) is 12.8. The maximum Gasteiger partial charge on any atom is 0.344 e. The third kappa shape index (κ3) is 3.41. The zero-order valence-electron chi connectivity index (χ0n) is 17.6. The fourth-order valence-corrected chi connectivity index (χ4v) is 9.38. The molecule has 30 heavy (non-hydrogen) atoms. The molecule has 4 saturated carbocycles. The van der Waals surface area contributed by atoms with Crippen LogP contribution in [0.1, 0.15) is 44.9 Å². The normalized spacial score (nSPS) is 32.6. The van der Waals surface area contributed by atoms with Gasteiger partial charge in [0.25, 0.3) is 0 Å². The van der Waals surface area contributed by atoms with Gasteiger partial charge >= 0.3 is 5.97 Å². The van der Waals surface area contributed by atoms with Gasteiger partial charge in [-0.2, -0.15) is 0 Å². The second-order valence-corrected chi connectivity index (χ2v) is 12.1. The summed E-state index contributed by atoms with van der Waals surface area (Å²) in [7, 11) is 0.359. The molecule has 7 rings (SSSR count). The van der Waals surface area contributed by atoms with Gasteiger partial charge in [-0.3, -0.25) is 0 Å². The van der Waals surface area contributed by atoms with Gasteiger partial charge in [-0.15, -0.1) is 0 Å². The number of benzene rings is 2. The van der Waals surface area contributed by atoms with Crippen LogP contribution in [-0.4, -0.2) is 30.2 Å². The third-order valence-corrected chi connectivity index (χ3v) is 10.5. The lowest BCUT2D eigenvalue weighted by Gasteiger charge is -2.53. The topological polar surface area (TPSA) is 35.5 Å². The van der Waals surface area contributed by atoms with E-state index >= 15 is 0 Å². The Morgan fingerprint density at radius 2 is 1.53 bits per heavy atom. The van der Waals surface area contributed by atoms with Crippen molar-refractivity contribution in [2.75, 3.05) is 18.1 Å². The second kappa shape index (κ2) is 7.78. The molecule has 1 saturated heterocycles. The van der Waals surface area contributed by atoms with E-state index in [0.717, 1.165) is 23.0 Å². The van der Waals surface area contributed by atoms with Gasteiger partial charge in [-0.05, 0) is 86.8 Å². The van der Waals surface area contributed by atoms with E-state index in [2.05, 4.69) is 36.4 Å². The molecule has 0 atom stereocenters. The predicted octanol–water partition coefficient (Wildman–Crippen LogP) is 5.36. The average Bonchev–Trinajstić information content (AvgIpc) is 3.28. The molecule has 3 nitrogen and oxygen atoms in total. The van der Waals surface area contributed by atoms with E-state index in [0.29, 0.717) is 22.7 Å². The highest BCUT2D eigenvalue weighted by Crippen LogP contribution is 2.54. The van der Waals surface area contributed by atoms with E-state index in [1.54, 1.807) is 0 Å². The Kier molecular flexibility index (Phi) is 4.94. The Bertz CT molecular complexity index is 920. The van der Waals surface area contributed by atoms with E-state index in [4.69, 9.17) is 9.47 Å². The van der Waals surface area contributed by atoms with Crippen LogP contribution in [0.2, 0.25) is 0 Å². The monoisotopic (exact) mass is 423 g/mol. The number of hydrogen-bond acceptors (Lipinski definition) is 3. The highest BCUT2D eigenvalue weighted by Gasteiger charge is 2.49. The molecule has 1 heterocycles. The molecular weight excluding hydrogens is 392 g/mol. The Hall–Kier alpha value is -1.68. The molecule has 2 aromatic rings. The summed E-state index contributed by atoms with van der Waals surface area (Å²) in [5, 5.41) is 2.41. The van der Waals surface area contributed by atoms with Crippen molar-refractivity contribution in [3.63, 3.8) is 0 Å². The van der Waals surface area contributed by atoms with Crippen LogP contribution < -0.4 is 4.74 Å². The molecule has 0 aromatic heterocycles. The van der Waals surface area contributed by atoms with Crippen LogP contribution in [0.25, 0.3) is 10.8 Å². The van der Waals surface area contributed by atoms with Crippen molar-refractivity contribution in [2.24, 2.45) is 23.7 Å². The van der Waals surface area contributed by atoms with Crippen LogP contribution in [0.5, 0.6) is 5.75 Å². The average molecular weight is 424 g/mol. The van der Waals surface area contributed by atoms with Crippen LogP contribution in [-0.2, 0) is 20.4 Å². The third-order valence-electron chi connectivity index (χ3n) is 7.94. The van der Waals surface area contributed by atoms with Gasteiger partial charge in [0.15, 0.2) is 11.5 Å². The van der Waals surface area contributed by atoms with Gasteiger partial charge in [-0.25, -0.2) is 4.79 Å². The van der Waals surface area contributed by atoms with Gasteiger partial charge in [0, 0.05) is 21.7 Å². The first-order valence-corrected chi connectivity index (χ1v) is 13.3. The smallest absolute Gasteiger partial charge is 0.344 e. The molecule has 2 aromatic carbocycles. The SMILES string of the molecule is O=C(COc1ccc([S+]2CCCC2)c2ccccc12)OC1C2CC3CC(C2)CC1C3. The number of rotatable bonds is 5. The lowest BCUT2D eigenvalue weighted by atomic mass is 9.55. The Morgan fingerprint density at radius 1 is 0.867 bits per heavy atom. The van der Waals surface area contributed by atoms with Crippen molar-refractivity contribution in [1.82, 2.24) is 0 Å². The molecule has 4 bridgehead atoms. The lowest BCUT2D eigenvalue weighted by molar-refractivity contribution is -0.172. The zero-order valence-corrected chi connectivity index (χ0v) is 18.4. The molecule has 0 N–H and O–H groups in total. The van der Waals surface area contributed by atoms with Crippen molar-refractivity contribution in [3.8, 4) is 5.75 Å². The minimum atomic E-state index is -0.196. The standard InChI is InChI=1S/C26H31O3S/c27-25(29-26-19-12-17-11-18(14-19)15-20(26)13-17)16-28-23-7-8-24(30-9-3-4-10-30)22-6-2-1-5-21(22)23/h1-2,5-8,17-20,26H,3-4,9-16H2/q+1. The highest BCUT2D eigenvalue weighted by atomic mass is 32.2. The number of ether oxygens (including phenoxy) is 2. The summed E-state index contributed by atoms with van der Waals surface area (Å²) < 4.78 is 12.0. The van der Waals surface area contributed by atoms with Gasteiger partial charge in [0.05, 0.1) is 0 Å². The van der Waals surface area contributed by atoms with Crippen molar-refractivity contribution in [1.29, 1.82) is 0 Å². The van der Waals surface area contributed by atoms with E-state index in [1.165, 1.54) is 66.7 Å². The minimum absolute atomic E-state index is 0.0118. The molecule has 4 aliphatic carbocycles. The number of fused-ring (bicyclic) bond motifs is 1. The number of hydrogen-bond donors (Lipinski definition) is 0. The first-order chi connectivity index (χ1) is 14.7. The number of carbonyl (C=O) groups is 1. The Balaban J connectivity index is 1.15. The molecule has 158 valence electrons. The van der Waals surface area contributed by atoms with Crippen molar-refractivity contribution < 1.29 is 14.3 Å². The fraction of sp³-hybridized carbons (Fsp3) is 0.577. The molecule has 0 radical (unpaired) electrons. The van der Waals surface area contributed by atoms with Gasteiger partial charge in [0.1, 0.15) is 23.4 Å². The minimum Gasteiger partial charge on any atom is -0.481 e. The van der Waals surface area contributed by atoms with Crippen LogP contribution in [0.4, 0.5) is 0 Å². The van der Waals surface area contributed by atoms with Crippen molar-refractivity contribution >= 4 is 27.6 Å². The zero-order chi connectivity index (χ0) is 20.1. The number of esters is 1. The maximum absolute atomic E-state index is 12.7. The summed E-state index contributed by atoms with van der Waals surface area (Å²) in [4.78, 5) is 14.1. The molecular formula is C26H31O3S+. The summed E-state index contributed by atoms with van der Waals surface area (Å²) >= 11 is 0. The maximum atomic E-state index is 12.7. The van der Waals surface area contributed by atoms with E-state index < -0.39 is 0 Å². The summed E-state index contributed by atoms with van der Waals surface area (Å²) in [6.45, 7) is 0.0118. The lowest BCUT2D eigenvalue weighted by Crippen LogP contribution is -2.50. The fourth-order valence-electron chi connectivity index (χ4n) is 6.89. The second-order valence-electron chi connectivity index (χ2n) is 9.89. The highest BCUT2D eigenvalue weighted by molar-refractivity contribution is 7.97. The quantitative estimate of drug-likeness (QED) is 0.480. The summed E-state index contributed by atoms with van der Waals surface area (Å²) in [5.74, 6) is 6.20. The molecule has 5 aliphatic rings. The summed E-state index contributed by atoms with van der Waals surface area (Å²) in [6.07, 6.45) is 9.29. The molecule has 4 heteroatoms. The van der Waals surface area contributed by atoms with E-state index in [-0.39, 0.29) is 18.7 Å². The molecule has 0 spiro atoms. The molecule has 0 unspecified atom stereocenters. The van der Waals surface area contributed by atoms with Crippen LogP contribution in [0.15, 0.2) is 41.3 Å². The van der Waals surface area contributed by atoms with Crippen LogP contribution in [0.3, 0.4) is 0 Å². The Morgan fingerprint density at radius 3 is 2.23 bits per heavy atom. The largest absolute Gasteiger partial charge is 0.481 e. The van der Waals surface area contributed by atoms with E-state index in [9.17, 15) is 4.79 Å². The molecule has 1 aliphatic heterocycles. The van der Waals surface area contributed by atoms with Crippen molar-refractivity contribution in [3.05, 3.63) is 36.4 Å². The first kappa shape index (κ1) is 19.0. The Labute approximate surface area is 181 Å². The van der Waals surface area contributed by atoms with E-state index in [1.807, 2.05) is 0 Å². The first-order valence-electron chi connectivity index (χ1n) is 11.8. The van der Waals surface area contributed by atoms with Gasteiger partial charge in [-0.1, -0.05) is 18.2 Å². The number of carbonyl (C=O) groups excluding carboxylic acids is 1. The van der Waals surface area contributed by atoms with Crippen molar-refractivity contribution in [2.45, 2.75) is 55.9 Å². The van der Waals surface area contributed by atoms with Gasteiger partial charge in [0.2, 0.25) is 0 Å².